The summed E-state index contributed by atoms with van der Waals surface area (Å²) in [5.74, 6) is 0.289. The number of halogens is 2. The number of rotatable bonds is 5. The molecule has 0 saturated carbocycles. The molecule has 0 heterocycles. The van der Waals surface area contributed by atoms with E-state index in [1.165, 1.54) is 12.1 Å². The Bertz CT molecular complexity index is 626. The summed E-state index contributed by atoms with van der Waals surface area (Å²) in [5, 5.41) is 0.0386. The third kappa shape index (κ3) is 3.81. The molecule has 2 nitrogen and oxygen atoms in total. The smallest absolute Gasteiger partial charge is 0.141 e. The molecule has 0 N–H and O–H groups in total. The van der Waals surface area contributed by atoms with Crippen LogP contribution in [0.3, 0.4) is 0 Å². The van der Waals surface area contributed by atoms with Crippen LogP contribution >= 0.6 is 11.6 Å². The lowest BCUT2D eigenvalue weighted by molar-refractivity contribution is -0.117. The van der Waals surface area contributed by atoms with Gasteiger partial charge in [0.15, 0.2) is 0 Å². The highest BCUT2D eigenvalue weighted by Gasteiger charge is 2.08. The second-order valence-corrected chi connectivity index (χ2v) is 4.90. The molecule has 0 atom stereocenters. The number of hydrogen-bond donors (Lipinski definition) is 0. The molecule has 0 bridgehead atoms. The number of carbonyl (C=O) groups excluding carboxylic acids is 1. The van der Waals surface area contributed by atoms with Crippen molar-refractivity contribution in [2.24, 2.45) is 0 Å². The maximum absolute atomic E-state index is 13.0. The van der Waals surface area contributed by atoms with Crippen LogP contribution < -0.4 is 4.74 Å². The molecule has 4 heteroatoms. The maximum Gasteiger partial charge on any atom is 0.141 e. The summed E-state index contributed by atoms with van der Waals surface area (Å²) in [6.45, 7) is 0. The standard InChI is InChI=1S/C16H14ClFO2/c1-20-14-4-2-3-11(9-14)7-13(19)8-12-5-6-16(18)15(17)10-12/h2-6,9-10H,7-8H2,1H3. The molecule has 2 aromatic rings. The van der Waals surface area contributed by atoms with Gasteiger partial charge < -0.3 is 4.74 Å². The van der Waals surface area contributed by atoms with Gasteiger partial charge in [-0.15, -0.1) is 0 Å². The minimum Gasteiger partial charge on any atom is -0.497 e. The van der Waals surface area contributed by atoms with Crippen molar-refractivity contribution in [1.29, 1.82) is 0 Å². The fourth-order valence-corrected chi connectivity index (χ4v) is 2.15. The summed E-state index contributed by atoms with van der Waals surface area (Å²) >= 11 is 5.69. The average molecular weight is 293 g/mol. The predicted molar refractivity (Wildman–Crippen MR) is 76.8 cm³/mol. The lowest BCUT2D eigenvalue weighted by Gasteiger charge is -2.05. The highest BCUT2D eigenvalue weighted by molar-refractivity contribution is 6.30. The number of methoxy groups -OCH3 is 1. The summed E-state index contributed by atoms with van der Waals surface area (Å²) in [6.07, 6.45) is 0.545. The summed E-state index contributed by atoms with van der Waals surface area (Å²) in [6, 6.07) is 11.7. The molecule has 0 aromatic heterocycles. The van der Waals surface area contributed by atoms with Gasteiger partial charge in [0.25, 0.3) is 0 Å². The van der Waals surface area contributed by atoms with Crippen molar-refractivity contribution < 1.29 is 13.9 Å². The molecule has 0 radical (unpaired) electrons. The van der Waals surface area contributed by atoms with E-state index in [9.17, 15) is 9.18 Å². The van der Waals surface area contributed by atoms with Gasteiger partial charge in [0.1, 0.15) is 17.3 Å². The highest BCUT2D eigenvalue weighted by atomic mass is 35.5. The fourth-order valence-electron chi connectivity index (χ4n) is 1.95. The summed E-state index contributed by atoms with van der Waals surface area (Å²) in [7, 11) is 1.58. The van der Waals surface area contributed by atoms with Crippen LogP contribution in [0.1, 0.15) is 11.1 Å². The van der Waals surface area contributed by atoms with Crippen molar-refractivity contribution in [3.05, 3.63) is 64.4 Å². The van der Waals surface area contributed by atoms with Crippen molar-refractivity contribution in [2.45, 2.75) is 12.8 Å². The van der Waals surface area contributed by atoms with Crippen LogP contribution in [-0.4, -0.2) is 12.9 Å². The number of carbonyl (C=O) groups is 1. The molecule has 0 aliphatic carbocycles. The van der Waals surface area contributed by atoms with Gasteiger partial charge in [-0.05, 0) is 35.4 Å². The normalized spacial score (nSPS) is 10.3. The Morgan fingerprint density at radius 1 is 1.15 bits per heavy atom. The number of benzene rings is 2. The van der Waals surface area contributed by atoms with E-state index >= 15 is 0 Å². The van der Waals surface area contributed by atoms with Crippen LogP contribution in [0.25, 0.3) is 0 Å². The SMILES string of the molecule is COc1cccc(CC(=O)Cc2ccc(F)c(Cl)c2)c1. The maximum atomic E-state index is 13.0. The van der Waals surface area contributed by atoms with E-state index in [1.807, 2.05) is 24.3 Å². The van der Waals surface area contributed by atoms with E-state index in [0.29, 0.717) is 12.0 Å². The Morgan fingerprint density at radius 3 is 2.50 bits per heavy atom. The van der Waals surface area contributed by atoms with Crippen molar-refractivity contribution >= 4 is 17.4 Å². The number of ketones is 1. The predicted octanol–water partition coefficient (Wildman–Crippen LogP) is 3.84. The minimum atomic E-state index is -0.476. The fraction of sp³-hybridized carbons (Fsp3) is 0.188. The van der Waals surface area contributed by atoms with Crippen LogP contribution in [0, 0.1) is 5.82 Å². The van der Waals surface area contributed by atoms with Gasteiger partial charge in [-0.1, -0.05) is 29.8 Å². The highest BCUT2D eigenvalue weighted by Crippen LogP contribution is 2.18. The molecule has 20 heavy (non-hydrogen) atoms. The van der Waals surface area contributed by atoms with Gasteiger partial charge in [0, 0.05) is 12.8 Å². The average Bonchev–Trinajstić information content (AvgIpc) is 2.43. The molecule has 2 rings (SSSR count). The number of Topliss-reactive ketones (excluding diaryl/α,β-unsaturated/α-hetero) is 1. The Morgan fingerprint density at radius 2 is 1.85 bits per heavy atom. The molecule has 0 saturated heterocycles. The Kier molecular flexibility index (Phi) is 4.74. The molecule has 104 valence electrons. The largest absolute Gasteiger partial charge is 0.497 e. The molecule has 0 amide bonds. The monoisotopic (exact) mass is 292 g/mol. The number of hydrogen-bond acceptors (Lipinski definition) is 2. The van der Waals surface area contributed by atoms with E-state index < -0.39 is 5.82 Å². The zero-order chi connectivity index (χ0) is 14.5. The first-order chi connectivity index (χ1) is 9.58. The molecular formula is C16H14ClFO2. The Hall–Kier alpha value is -1.87. The summed E-state index contributed by atoms with van der Waals surface area (Å²) in [5.41, 5.74) is 1.60. The first-order valence-corrected chi connectivity index (χ1v) is 6.55. The number of ether oxygens (including phenoxy) is 1. The molecule has 0 unspecified atom stereocenters. The van der Waals surface area contributed by atoms with E-state index in [-0.39, 0.29) is 17.2 Å². The topological polar surface area (TPSA) is 26.3 Å². The zero-order valence-electron chi connectivity index (χ0n) is 11.0. The first-order valence-electron chi connectivity index (χ1n) is 6.17. The van der Waals surface area contributed by atoms with Crippen molar-refractivity contribution in [1.82, 2.24) is 0 Å². The lowest BCUT2D eigenvalue weighted by Crippen LogP contribution is -2.06. The third-order valence-electron chi connectivity index (χ3n) is 2.92. The minimum absolute atomic E-state index is 0.0386. The van der Waals surface area contributed by atoms with Gasteiger partial charge in [-0.3, -0.25) is 4.79 Å². The second kappa shape index (κ2) is 6.53. The van der Waals surface area contributed by atoms with E-state index in [2.05, 4.69) is 0 Å². The van der Waals surface area contributed by atoms with Crippen LogP contribution in [0.5, 0.6) is 5.75 Å². The quantitative estimate of drug-likeness (QED) is 0.837. The van der Waals surface area contributed by atoms with E-state index in [1.54, 1.807) is 13.2 Å². The van der Waals surface area contributed by atoms with Crippen LogP contribution in [0.4, 0.5) is 4.39 Å². The van der Waals surface area contributed by atoms with E-state index in [4.69, 9.17) is 16.3 Å². The van der Waals surface area contributed by atoms with Crippen molar-refractivity contribution in [3.8, 4) is 5.75 Å². The Labute approximate surface area is 122 Å². The lowest BCUT2D eigenvalue weighted by atomic mass is 10.0. The molecule has 0 fully saturated rings. The Balaban J connectivity index is 2.03. The summed E-state index contributed by atoms with van der Waals surface area (Å²) < 4.78 is 18.1. The van der Waals surface area contributed by atoms with Gasteiger partial charge in [0.2, 0.25) is 0 Å². The summed E-state index contributed by atoms with van der Waals surface area (Å²) in [4.78, 5) is 12.0. The van der Waals surface area contributed by atoms with E-state index in [0.717, 1.165) is 11.3 Å². The van der Waals surface area contributed by atoms with Crippen LogP contribution in [0.2, 0.25) is 5.02 Å². The zero-order valence-corrected chi connectivity index (χ0v) is 11.8. The molecule has 0 aliphatic heterocycles. The third-order valence-corrected chi connectivity index (χ3v) is 3.21. The molecular weight excluding hydrogens is 279 g/mol. The van der Waals surface area contributed by atoms with Gasteiger partial charge >= 0.3 is 0 Å². The van der Waals surface area contributed by atoms with Crippen molar-refractivity contribution in [2.75, 3.05) is 7.11 Å². The van der Waals surface area contributed by atoms with Gasteiger partial charge in [-0.2, -0.15) is 0 Å². The van der Waals surface area contributed by atoms with Crippen LogP contribution in [0.15, 0.2) is 42.5 Å². The molecule has 0 spiro atoms. The second-order valence-electron chi connectivity index (χ2n) is 4.49. The van der Waals surface area contributed by atoms with Gasteiger partial charge in [0.05, 0.1) is 12.1 Å². The van der Waals surface area contributed by atoms with Crippen molar-refractivity contribution in [3.63, 3.8) is 0 Å². The first kappa shape index (κ1) is 14.5. The molecule has 0 aliphatic rings. The van der Waals surface area contributed by atoms with Crippen LogP contribution in [-0.2, 0) is 17.6 Å². The molecule has 2 aromatic carbocycles. The van der Waals surface area contributed by atoms with Gasteiger partial charge in [-0.25, -0.2) is 4.39 Å².